The molecule has 26 heavy (non-hydrogen) atoms. The second-order valence-electron chi connectivity index (χ2n) is 7.08. The van der Waals surface area contributed by atoms with Gasteiger partial charge in [0.1, 0.15) is 5.75 Å². The Morgan fingerprint density at radius 1 is 1.27 bits per heavy atom. The van der Waals surface area contributed by atoms with E-state index in [0.29, 0.717) is 18.9 Å². The molecule has 0 saturated carbocycles. The van der Waals surface area contributed by atoms with Gasteiger partial charge in [-0.2, -0.15) is 0 Å². The fourth-order valence-electron chi connectivity index (χ4n) is 3.16. The predicted octanol–water partition coefficient (Wildman–Crippen LogP) is 2.15. The summed E-state index contributed by atoms with van der Waals surface area (Å²) < 4.78 is 30.8. The Bertz CT molecular complexity index is 697. The van der Waals surface area contributed by atoms with Crippen LogP contribution in [0.2, 0.25) is 0 Å². The highest BCUT2D eigenvalue weighted by Gasteiger charge is 2.23. The molecule has 0 aliphatic carbocycles. The number of ether oxygens (including phenoxy) is 1. The number of carbonyl (C=O) groups is 1. The quantitative estimate of drug-likeness (QED) is 0.691. The van der Waals surface area contributed by atoms with Gasteiger partial charge in [-0.15, -0.1) is 0 Å². The molecule has 0 aromatic heterocycles. The SMILES string of the molecule is COc1cccc(CCN(CCC(=O)N2CCC(C)CC2)S(C)(=O)=O)c1. The topological polar surface area (TPSA) is 66.9 Å². The average molecular weight is 383 g/mol. The van der Waals surface area contributed by atoms with Crippen LogP contribution in [0.3, 0.4) is 0 Å². The zero-order valence-electron chi connectivity index (χ0n) is 16.0. The third-order valence-corrected chi connectivity index (χ3v) is 6.27. The van der Waals surface area contributed by atoms with Crippen LogP contribution in [0.5, 0.6) is 5.75 Å². The lowest BCUT2D eigenvalue weighted by Crippen LogP contribution is -2.40. The molecule has 0 spiro atoms. The van der Waals surface area contributed by atoms with Gasteiger partial charge in [0, 0.05) is 32.6 Å². The van der Waals surface area contributed by atoms with E-state index in [1.807, 2.05) is 29.2 Å². The number of rotatable bonds is 8. The summed E-state index contributed by atoms with van der Waals surface area (Å²) in [6.45, 7) is 4.35. The molecule has 1 aromatic carbocycles. The molecule has 146 valence electrons. The van der Waals surface area contributed by atoms with Crippen molar-refractivity contribution in [1.82, 2.24) is 9.21 Å². The second kappa shape index (κ2) is 9.37. The van der Waals surface area contributed by atoms with E-state index in [1.165, 1.54) is 10.6 Å². The van der Waals surface area contributed by atoms with Gasteiger partial charge in [-0.3, -0.25) is 4.79 Å². The van der Waals surface area contributed by atoms with Crippen molar-refractivity contribution in [2.75, 3.05) is 39.5 Å². The van der Waals surface area contributed by atoms with E-state index in [2.05, 4.69) is 6.92 Å². The summed E-state index contributed by atoms with van der Waals surface area (Å²) in [6, 6.07) is 7.60. The van der Waals surface area contributed by atoms with E-state index < -0.39 is 10.0 Å². The van der Waals surface area contributed by atoms with Crippen LogP contribution in [-0.2, 0) is 21.2 Å². The minimum atomic E-state index is -3.35. The molecule has 1 fully saturated rings. The van der Waals surface area contributed by atoms with Gasteiger partial charge in [-0.05, 0) is 42.9 Å². The summed E-state index contributed by atoms with van der Waals surface area (Å²) in [4.78, 5) is 14.2. The number of piperidine rings is 1. The highest BCUT2D eigenvalue weighted by Crippen LogP contribution is 2.17. The number of amides is 1. The van der Waals surface area contributed by atoms with Gasteiger partial charge < -0.3 is 9.64 Å². The molecule has 0 atom stereocenters. The Hall–Kier alpha value is -1.60. The molecule has 0 N–H and O–H groups in total. The predicted molar refractivity (Wildman–Crippen MR) is 103 cm³/mol. The van der Waals surface area contributed by atoms with E-state index >= 15 is 0 Å². The first kappa shape index (κ1) is 20.7. The third kappa shape index (κ3) is 6.29. The summed E-state index contributed by atoms with van der Waals surface area (Å²) in [5.74, 6) is 1.46. The van der Waals surface area contributed by atoms with E-state index in [0.717, 1.165) is 37.2 Å². The van der Waals surface area contributed by atoms with Gasteiger partial charge in [0.05, 0.1) is 13.4 Å². The fraction of sp³-hybridized carbons (Fsp3) is 0.632. The smallest absolute Gasteiger partial charge is 0.223 e. The van der Waals surface area contributed by atoms with Crippen LogP contribution in [0, 0.1) is 5.92 Å². The Kier molecular flexibility index (Phi) is 7.46. The number of hydrogen-bond donors (Lipinski definition) is 0. The third-order valence-electron chi connectivity index (χ3n) is 4.96. The zero-order valence-corrected chi connectivity index (χ0v) is 16.8. The Labute approximate surface area is 157 Å². The summed E-state index contributed by atoms with van der Waals surface area (Å²) in [5.41, 5.74) is 1.01. The maximum absolute atomic E-state index is 12.4. The van der Waals surface area contributed by atoms with Crippen molar-refractivity contribution in [2.45, 2.75) is 32.6 Å². The molecule has 1 heterocycles. The monoisotopic (exact) mass is 382 g/mol. The maximum atomic E-state index is 12.4. The van der Waals surface area contributed by atoms with E-state index in [9.17, 15) is 13.2 Å². The molecule has 1 aliphatic rings. The van der Waals surface area contributed by atoms with Gasteiger partial charge in [-0.1, -0.05) is 19.1 Å². The number of benzene rings is 1. The van der Waals surface area contributed by atoms with E-state index in [-0.39, 0.29) is 18.9 Å². The standard InChI is InChI=1S/C19H30N2O4S/c1-16-7-11-20(12-8-16)19(22)10-14-21(26(3,23)24)13-9-17-5-4-6-18(15-17)25-2/h4-6,15-16H,7-14H2,1-3H3. The van der Waals surface area contributed by atoms with Gasteiger partial charge >= 0.3 is 0 Å². The number of hydrogen-bond acceptors (Lipinski definition) is 4. The second-order valence-corrected chi connectivity index (χ2v) is 9.06. The van der Waals surface area contributed by atoms with Crippen molar-refractivity contribution < 1.29 is 17.9 Å². The maximum Gasteiger partial charge on any atom is 0.223 e. The van der Waals surface area contributed by atoms with Crippen molar-refractivity contribution in [3.05, 3.63) is 29.8 Å². The molecule has 1 aliphatic heterocycles. The molecule has 2 rings (SSSR count). The van der Waals surface area contributed by atoms with Crippen LogP contribution in [0.4, 0.5) is 0 Å². The lowest BCUT2D eigenvalue weighted by Gasteiger charge is -2.31. The fourth-order valence-corrected chi connectivity index (χ4v) is 4.01. The summed E-state index contributed by atoms with van der Waals surface area (Å²) >= 11 is 0. The highest BCUT2D eigenvalue weighted by molar-refractivity contribution is 7.88. The van der Waals surface area contributed by atoms with Crippen LogP contribution in [0.1, 0.15) is 31.7 Å². The van der Waals surface area contributed by atoms with Crippen molar-refractivity contribution in [2.24, 2.45) is 5.92 Å². The van der Waals surface area contributed by atoms with Crippen molar-refractivity contribution in [1.29, 1.82) is 0 Å². The van der Waals surface area contributed by atoms with Crippen molar-refractivity contribution in [3.8, 4) is 5.75 Å². The van der Waals surface area contributed by atoms with Crippen LogP contribution < -0.4 is 4.74 Å². The van der Waals surface area contributed by atoms with Gasteiger partial charge in [-0.25, -0.2) is 12.7 Å². The van der Waals surface area contributed by atoms with Gasteiger partial charge in [0.2, 0.25) is 15.9 Å². The highest BCUT2D eigenvalue weighted by atomic mass is 32.2. The van der Waals surface area contributed by atoms with Crippen LogP contribution in [0.25, 0.3) is 0 Å². The van der Waals surface area contributed by atoms with Crippen molar-refractivity contribution >= 4 is 15.9 Å². The summed E-state index contributed by atoms with van der Waals surface area (Å²) in [6.07, 6.45) is 4.07. The number of methoxy groups -OCH3 is 1. The molecule has 0 unspecified atom stereocenters. The molecular weight excluding hydrogens is 352 g/mol. The molecule has 1 saturated heterocycles. The lowest BCUT2D eigenvalue weighted by molar-refractivity contribution is -0.132. The first-order valence-corrected chi connectivity index (χ1v) is 11.0. The number of nitrogens with zero attached hydrogens (tertiary/aromatic N) is 2. The molecule has 1 aromatic rings. The van der Waals surface area contributed by atoms with E-state index in [4.69, 9.17) is 4.74 Å². The average Bonchev–Trinajstić information content (AvgIpc) is 2.61. The van der Waals surface area contributed by atoms with Gasteiger partial charge in [0.25, 0.3) is 0 Å². The normalized spacial score (nSPS) is 16.1. The summed E-state index contributed by atoms with van der Waals surface area (Å²) in [5, 5.41) is 0. The Morgan fingerprint density at radius 3 is 2.58 bits per heavy atom. The minimum Gasteiger partial charge on any atom is -0.497 e. The lowest BCUT2D eigenvalue weighted by atomic mass is 9.99. The van der Waals surface area contributed by atoms with Crippen LogP contribution in [-0.4, -0.2) is 63.1 Å². The number of likely N-dealkylation sites (tertiary alicyclic amines) is 1. The van der Waals surface area contributed by atoms with Crippen LogP contribution in [0.15, 0.2) is 24.3 Å². The van der Waals surface area contributed by atoms with Crippen LogP contribution >= 0.6 is 0 Å². The molecule has 6 nitrogen and oxygen atoms in total. The number of sulfonamides is 1. The van der Waals surface area contributed by atoms with Gasteiger partial charge in [0.15, 0.2) is 0 Å². The van der Waals surface area contributed by atoms with Crippen molar-refractivity contribution in [3.63, 3.8) is 0 Å². The Morgan fingerprint density at radius 2 is 1.96 bits per heavy atom. The zero-order chi connectivity index (χ0) is 19.2. The molecule has 0 radical (unpaired) electrons. The van der Waals surface area contributed by atoms with E-state index in [1.54, 1.807) is 7.11 Å². The largest absolute Gasteiger partial charge is 0.497 e. The first-order valence-electron chi connectivity index (χ1n) is 9.15. The number of carbonyl (C=O) groups excluding carboxylic acids is 1. The molecular formula is C19H30N2O4S. The molecule has 1 amide bonds. The molecule has 7 heteroatoms. The minimum absolute atomic E-state index is 0.0481. The molecule has 0 bridgehead atoms. The Balaban J connectivity index is 1.90. The summed E-state index contributed by atoms with van der Waals surface area (Å²) in [7, 11) is -1.75. The first-order chi connectivity index (χ1) is 12.3.